The van der Waals surface area contributed by atoms with Crippen LogP contribution in [-0.2, 0) is 19.1 Å². The van der Waals surface area contributed by atoms with Gasteiger partial charge in [-0.15, -0.1) is 0 Å². The molecule has 1 rings (SSSR count). The van der Waals surface area contributed by atoms with Crippen molar-refractivity contribution in [1.82, 2.24) is 10.6 Å². The predicted octanol–water partition coefficient (Wildman–Crippen LogP) is 0.995. The van der Waals surface area contributed by atoms with E-state index in [9.17, 15) is 9.59 Å². The lowest BCUT2D eigenvalue weighted by Crippen LogP contribution is -2.54. The molecule has 1 aliphatic rings. The first kappa shape index (κ1) is 17.9. The zero-order chi connectivity index (χ0) is 15.6. The average molecular weight is 300 g/mol. The minimum atomic E-state index is -0.657. The monoisotopic (exact) mass is 300 g/mol. The van der Waals surface area contributed by atoms with Crippen LogP contribution in [0.1, 0.15) is 44.9 Å². The number of hydrogen-bond acceptors (Lipinski definition) is 5. The number of hydrogen-bond donors (Lipinski definition) is 2. The van der Waals surface area contributed by atoms with Crippen LogP contribution in [0.2, 0.25) is 0 Å². The first-order valence-electron chi connectivity index (χ1n) is 7.75. The molecule has 0 atom stereocenters. The van der Waals surface area contributed by atoms with Crippen molar-refractivity contribution >= 4 is 11.9 Å². The molecule has 0 radical (unpaired) electrons. The summed E-state index contributed by atoms with van der Waals surface area (Å²) in [5.74, 6) is -0.155. The second kappa shape index (κ2) is 9.73. The smallest absolute Gasteiger partial charge is 0.305 e. The van der Waals surface area contributed by atoms with Gasteiger partial charge in [-0.3, -0.25) is 9.59 Å². The van der Waals surface area contributed by atoms with Crippen LogP contribution >= 0.6 is 0 Å². The van der Waals surface area contributed by atoms with Gasteiger partial charge >= 0.3 is 5.97 Å². The Balaban J connectivity index is 2.11. The summed E-state index contributed by atoms with van der Waals surface area (Å²) in [6, 6.07) is 0. The van der Waals surface area contributed by atoms with Crippen LogP contribution < -0.4 is 10.6 Å². The van der Waals surface area contributed by atoms with Crippen LogP contribution in [0, 0.1) is 0 Å². The maximum absolute atomic E-state index is 12.2. The van der Waals surface area contributed by atoms with E-state index >= 15 is 0 Å². The number of ether oxygens (including phenoxy) is 2. The lowest BCUT2D eigenvalue weighted by atomic mass is 9.91. The summed E-state index contributed by atoms with van der Waals surface area (Å²) in [5.41, 5.74) is -0.657. The van der Waals surface area contributed by atoms with Gasteiger partial charge in [0.15, 0.2) is 0 Å². The summed E-state index contributed by atoms with van der Waals surface area (Å²) >= 11 is 0. The van der Waals surface area contributed by atoms with E-state index in [1.807, 2.05) is 0 Å². The van der Waals surface area contributed by atoms with Crippen molar-refractivity contribution in [2.45, 2.75) is 50.5 Å². The standard InChI is InChI=1S/C15H28N2O4/c1-20-13(18)7-5-3-4-6-10-17-14(19)15(21-2)8-11-16-12-9-15/h16H,3-12H2,1-2H3,(H,17,19). The summed E-state index contributed by atoms with van der Waals surface area (Å²) in [6.45, 7) is 2.29. The van der Waals surface area contributed by atoms with E-state index in [-0.39, 0.29) is 11.9 Å². The Morgan fingerprint density at radius 2 is 1.76 bits per heavy atom. The zero-order valence-corrected chi connectivity index (χ0v) is 13.2. The molecule has 1 aliphatic heterocycles. The van der Waals surface area contributed by atoms with Gasteiger partial charge in [0.1, 0.15) is 5.60 Å². The Kier molecular flexibility index (Phi) is 8.30. The van der Waals surface area contributed by atoms with Crippen LogP contribution in [-0.4, -0.2) is 51.3 Å². The second-order valence-electron chi connectivity index (χ2n) is 5.44. The van der Waals surface area contributed by atoms with Gasteiger partial charge in [-0.1, -0.05) is 12.8 Å². The van der Waals surface area contributed by atoms with Gasteiger partial charge in [-0.05, 0) is 38.8 Å². The van der Waals surface area contributed by atoms with Crippen LogP contribution in [0.3, 0.4) is 0 Å². The molecule has 0 aromatic carbocycles. The third-order valence-electron chi connectivity index (χ3n) is 4.04. The van der Waals surface area contributed by atoms with Gasteiger partial charge < -0.3 is 20.1 Å². The Morgan fingerprint density at radius 3 is 2.38 bits per heavy atom. The molecule has 0 aromatic rings. The van der Waals surface area contributed by atoms with Crippen molar-refractivity contribution in [2.24, 2.45) is 0 Å². The van der Waals surface area contributed by atoms with E-state index in [2.05, 4.69) is 15.4 Å². The third kappa shape index (κ3) is 6.01. The fraction of sp³-hybridized carbons (Fsp3) is 0.867. The van der Waals surface area contributed by atoms with Crippen molar-refractivity contribution in [3.63, 3.8) is 0 Å². The summed E-state index contributed by atoms with van der Waals surface area (Å²) in [5, 5.41) is 6.21. The average Bonchev–Trinajstić information content (AvgIpc) is 2.53. The van der Waals surface area contributed by atoms with Gasteiger partial charge in [0.25, 0.3) is 5.91 Å². The van der Waals surface area contributed by atoms with Crippen molar-refractivity contribution in [3.8, 4) is 0 Å². The highest BCUT2D eigenvalue weighted by Gasteiger charge is 2.39. The lowest BCUT2D eigenvalue weighted by Gasteiger charge is -2.34. The number of unbranched alkanes of at least 4 members (excludes halogenated alkanes) is 3. The van der Waals surface area contributed by atoms with Crippen LogP contribution in [0.15, 0.2) is 0 Å². The predicted molar refractivity (Wildman–Crippen MR) is 80.0 cm³/mol. The molecule has 0 saturated carbocycles. The first-order valence-corrected chi connectivity index (χ1v) is 7.75. The van der Waals surface area contributed by atoms with Crippen molar-refractivity contribution < 1.29 is 19.1 Å². The van der Waals surface area contributed by atoms with E-state index in [4.69, 9.17) is 4.74 Å². The quantitative estimate of drug-likeness (QED) is 0.490. The molecule has 1 fully saturated rings. The molecule has 21 heavy (non-hydrogen) atoms. The van der Waals surface area contributed by atoms with E-state index in [1.165, 1.54) is 7.11 Å². The molecule has 0 aliphatic carbocycles. The second-order valence-corrected chi connectivity index (χ2v) is 5.44. The number of carbonyl (C=O) groups is 2. The van der Waals surface area contributed by atoms with Crippen LogP contribution in [0.25, 0.3) is 0 Å². The van der Waals surface area contributed by atoms with E-state index in [0.29, 0.717) is 25.8 Å². The molecular formula is C15H28N2O4. The van der Waals surface area contributed by atoms with Gasteiger partial charge in [-0.25, -0.2) is 0 Å². The number of rotatable bonds is 9. The summed E-state index contributed by atoms with van der Waals surface area (Å²) < 4.78 is 10.1. The Labute approximate surface area is 126 Å². The van der Waals surface area contributed by atoms with Crippen molar-refractivity contribution in [2.75, 3.05) is 33.9 Å². The Morgan fingerprint density at radius 1 is 1.10 bits per heavy atom. The fourth-order valence-corrected chi connectivity index (χ4v) is 2.57. The molecule has 0 unspecified atom stereocenters. The Hall–Kier alpha value is -1.14. The van der Waals surface area contributed by atoms with Crippen LogP contribution in [0.4, 0.5) is 0 Å². The summed E-state index contributed by atoms with van der Waals surface area (Å²) in [7, 11) is 3.02. The maximum Gasteiger partial charge on any atom is 0.305 e. The summed E-state index contributed by atoms with van der Waals surface area (Å²) in [4.78, 5) is 23.2. The number of esters is 1. The third-order valence-corrected chi connectivity index (χ3v) is 4.04. The minimum Gasteiger partial charge on any atom is -0.469 e. The fourth-order valence-electron chi connectivity index (χ4n) is 2.57. The molecule has 0 spiro atoms. The van der Waals surface area contributed by atoms with E-state index in [0.717, 1.165) is 38.8 Å². The highest BCUT2D eigenvalue weighted by molar-refractivity contribution is 5.85. The normalized spacial score (nSPS) is 17.2. The van der Waals surface area contributed by atoms with Gasteiger partial charge in [0, 0.05) is 20.1 Å². The van der Waals surface area contributed by atoms with Crippen molar-refractivity contribution in [3.05, 3.63) is 0 Å². The van der Waals surface area contributed by atoms with Gasteiger partial charge in [0.2, 0.25) is 0 Å². The number of carbonyl (C=O) groups excluding carboxylic acids is 2. The van der Waals surface area contributed by atoms with Crippen molar-refractivity contribution in [1.29, 1.82) is 0 Å². The van der Waals surface area contributed by atoms with Gasteiger partial charge in [-0.2, -0.15) is 0 Å². The largest absolute Gasteiger partial charge is 0.469 e. The van der Waals surface area contributed by atoms with E-state index < -0.39 is 5.60 Å². The van der Waals surface area contributed by atoms with Crippen LogP contribution in [0.5, 0.6) is 0 Å². The molecule has 2 N–H and O–H groups in total. The molecule has 6 nitrogen and oxygen atoms in total. The number of nitrogens with one attached hydrogen (secondary N) is 2. The van der Waals surface area contributed by atoms with E-state index in [1.54, 1.807) is 7.11 Å². The first-order chi connectivity index (χ1) is 10.1. The SMILES string of the molecule is COC(=O)CCCCCCNC(=O)C1(OC)CCNCC1. The molecule has 0 aromatic heterocycles. The zero-order valence-electron chi connectivity index (χ0n) is 13.2. The molecule has 1 amide bonds. The number of piperidine rings is 1. The highest BCUT2D eigenvalue weighted by atomic mass is 16.5. The Bertz CT molecular complexity index is 328. The highest BCUT2D eigenvalue weighted by Crippen LogP contribution is 2.22. The molecule has 1 heterocycles. The lowest BCUT2D eigenvalue weighted by molar-refractivity contribution is -0.146. The molecule has 6 heteroatoms. The summed E-state index contributed by atoms with van der Waals surface area (Å²) in [6.07, 6.45) is 5.65. The molecule has 122 valence electrons. The maximum atomic E-state index is 12.2. The molecular weight excluding hydrogens is 272 g/mol. The number of methoxy groups -OCH3 is 2. The van der Waals surface area contributed by atoms with Gasteiger partial charge in [0.05, 0.1) is 7.11 Å². The molecule has 1 saturated heterocycles. The minimum absolute atomic E-state index is 0.000982. The molecule has 0 bridgehead atoms. The topological polar surface area (TPSA) is 76.7 Å². The number of amides is 1.